The molecule has 1 rings (SSSR count). The van der Waals surface area contributed by atoms with E-state index in [4.69, 9.17) is 20.6 Å². The van der Waals surface area contributed by atoms with Crippen LogP contribution in [0.3, 0.4) is 0 Å². The van der Waals surface area contributed by atoms with Gasteiger partial charge >= 0.3 is 8.56 Å². The summed E-state index contributed by atoms with van der Waals surface area (Å²) in [7, 11) is -5.57. The highest BCUT2D eigenvalue weighted by atomic mass is 28.5. The van der Waals surface area contributed by atoms with Gasteiger partial charge in [-0.05, 0) is 6.55 Å². The van der Waals surface area contributed by atoms with Crippen molar-refractivity contribution in [1.82, 2.24) is 0 Å². The van der Waals surface area contributed by atoms with Crippen LogP contribution in [0.4, 0.5) is 0 Å². The molecule has 0 saturated carbocycles. The average Bonchev–Trinajstić information content (AvgIpc) is 2.16. The third kappa shape index (κ3) is 4.59. The Morgan fingerprint density at radius 3 is 1.92 bits per heavy atom. The SMILES string of the molecule is C=C[Si]1(C)O[SiH2]O[SiH2]O[SiH2]O[SiH2]O1. The van der Waals surface area contributed by atoms with Crippen LogP contribution >= 0.6 is 0 Å². The van der Waals surface area contributed by atoms with Gasteiger partial charge in [0, 0.05) is 0 Å². The molecule has 1 aliphatic heterocycles. The second-order valence-electron chi connectivity index (χ2n) is 2.59. The summed E-state index contributed by atoms with van der Waals surface area (Å²) in [5, 5.41) is 0. The first-order valence-electron chi connectivity index (χ1n) is 3.91. The van der Waals surface area contributed by atoms with Crippen LogP contribution in [-0.4, -0.2) is 48.6 Å². The third-order valence-corrected chi connectivity index (χ3v) is 11.8. The van der Waals surface area contributed by atoms with E-state index >= 15 is 0 Å². The second kappa shape index (κ2) is 6.17. The topological polar surface area (TPSA) is 46.2 Å². The van der Waals surface area contributed by atoms with Gasteiger partial charge in [-0.25, -0.2) is 0 Å². The lowest BCUT2D eigenvalue weighted by Gasteiger charge is -2.25. The van der Waals surface area contributed by atoms with Gasteiger partial charge in [-0.3, -0.25) is 0 Å². The van der Waals surface area contributed by atoms with E-state index in [1.165, 1.54) is 0 Å². The van der Waals surface area contributed by atoms with E-state index in [1.807, 2.05) is 6.55 Å². The Labute approximate surface area is 88.3 Å². The molecule has 0 spiro atoms. The standard InChI is InChI=1S/C3H14O5Si5/c1-3-13(2)7-11-5-9-4-10-6-12-8-13/h3H,1,9-12H2,2H3. The molecular formula is C3H14O5Si5. The van der Waals surface area contributed by atoms with E-state index in [2.05, 4.69) is 6.58 Å². The van der Waals surface area contributed by atoms with Crippen molar-refractivity contribution in [2.45, 2.75) is 6.55 Å². The van der Waals surface area contributed by atoms with E-state index < -0.39 is 48.6 Å². The summed E-state index contributed by atoms with van der Waals surface area (Å²) < 4.78 is 27.1. The van der Waals surface area contributed by atoms with Gasteiger partial charge in [0.25, 0.3) is 40.0 Å². The van der Waals surface area contributed by atoms with E-state index in [1.54, 1.807) is 5.70 Å². The monoisotopic (exact) mass is 270 g/mol. The van der Waals surface area contributed by atoms with Crippen molar-refractivity contribution >= 4 is 48.6 Å². The van der Waals surface area contributed by atoms with Gasteiger partial charge in [-0.2, -0.15) is 0 Å². The van der Waals surface area contributed by atoms with E-state index in [9.17, 15) is 0 Å². The Bertz CT molecular complexity index is 156. The summed E-state index contributed by atoms with van der Waals surface area (Å²) in [5.41, 5.74) is 1.78. The van der Waals surface area contributed by atoms with Gasteiger partial charge < -0.3 is 20.6 Å². The molecule has 0 bridgehead atoms. The number of hydrogen-bond donors (Lipinski definition) is 0. The second-order valence-corrected chi connectivity index (χ2v) is 13.2. The molecular weight excluding hydrogens is 256 g/mol. The van der Waals surface area contributed by atoms with Crippen LogP contribution in [0.25, 0.3) is 0 Å². The van der Waals surface area contributed by atoms with Crippen LogP contribution in [0.1, 0.15) is 0 Å². The average molecular weight is 271 g/mol. The van der Waals surface area contributed by atoms with Crippen LogP contribution in [0.5, 0.6) is 0 Å². The highest BCUT2D eigenvalue weighted by Crippen LogP contribution is 2.06. The van der Waals surface area contributed by atoms with Crippen molar-refractivity contribution in [2.24, 2.45) is 0 Å². The Balaban J connectivity index is 2.39. The smallest absolute Gasteiger partial charge is 0.342 e. The molecule has 0 aromatic heterocycles. The molecule has 0 aromatic rings. The van der Waals surface area contributed by atoms with E-state index in [-0.39, 0.29) is 0 Å². The van der Waals surface area contributed by atoms with Crippen LogP contribution in [0.2, 0.25) is 6.55 Å². The first-order valence-corrected chi connectivity index (χ1v) is 10.9. The van der Waals surface area contributed by atoms with Gasteiger partial charge in [0.2, 0.25) is 0 Å². The number of rotatable bonds is 1. The van der Waals surface area contributed by atoms with E-state index in [0.29, 0.717) is 0 Å². The lowest BCUT2D eigenvalue weighted by Crippen LogP contribution is -2.42. The maximum atomic E-state index is 5.60. The zero-order chi connectivity index (χ0) is 9.57. The van der Waals surface area contributed by atoms with Gasteiger partial charge in [0.15, 0.2) is 0 Å². The Morgan fingerprint density at radius 2 is 1.46 bits per heavy atom. The Morgan fingerprint density at radius 1 is 1.00 bits per heavy atom. The van der Waals surface area contributed by atoms with Gasteiger partial charge in [0.05, 0.1) is 0 Å². The highest BCUT2D eigenvalue weighted by Gasteiger charge is 2.27. The molecule has 1 aliphatic rings. The van der Waals surface area contributed by atoms with Crippen molar-refractivity contribution in [2.75, 3.05) is 0 Å². The third-order valence-electron chi connectivity index (χ3n) is 1.56. The fraction of sp³-hybridized carbons (Fsp3) is 0.333. The fourth-order valence-electron chi connectivity index (χ4n) is 0.697. The first kappa shape index (κ1) is 11.7. The summed E-state index contributed by atoms with van der Waals surface area (Å²) in [6.45, 7) is 5.69. The first-order chi connectivity index (χ1) is 6.27. The van der Waals surface area contributed by atoms with Crippen molar-refractivity contribution in [3.05, 3.63) is 12.3 Å². The van der Waals surface area contributed by atoms with Gasteiger partial charge in [-0.15, -0.1) is 6.58 Å². The maximum Gasteiger partial charge on any atom is 0.342 e. The maximum absolute atomic E-state index is 5.60. The summed E-state index contributed by atoms with van der Waals surface area (Å²) in [6, 6.07) is 0. The molecule has 10 heteroatoms. The Kier molecular flexibility index (Phi) is 5.55. The molecule has 0 unspecified atom stereocenters. The molecule has 1 heterocycles. The molecule has 0 amide bonds. The summed E-state index contributed by atoms with van der Waals surface area (Å²) in [6.07, 6.45) is 0. The zero-order valence-electron chi connectivity index (χ0n) is 7.65. The van der Waals surface area contributed by atoms with Crippen molar-refractivity contribution in [3.63, 3.8) is 0 Å². The van der Waals surface area contributed by atoms with Crippen LogP contribution < -0.4 is 0 Å². The molecule has 0 atom stereocenters. The summed E-state index contributed by atoms with van der Waals surface area (Å²) in [4.78, 5) is 0. The minimum Gasteiger partial charge on any atom is -0.425 e. The van der Waals surface area contributed by atoms with E-state index in [0.717, 1.165) is 0 Å². The predicted octanol–water partition coefficient (Wildman–Crippen LogP) is -3.12. The lowest BCUT2D eigenvalue weighted by atomic mass is 11.3. The Hall–Kier alpha value is 0.624. The van der Waals surface area contributed by atoms with Crippen LogP contribution in [-0.2, 0) is 20.6 Å². The molecule has 0 N–H and O–H groups in total. The molecule has 1 fully saturated rings. The minimum atomic E-state index is -2.12. The van der Waals surface area contributed by atoms with Gasteiger partial charge in [0.1, 0.15) is 0 Å². The molecule has 0 aliphatic carbocycles. The van der Waals surface area contributed by atoms with Crippen molar-refractivity contribution < 1.29 is 20.6 Å². The fourth-order valence-corrected chi connectivity index (χ4v) is 10.6. The van der Waals surface area contributed by atoms with Crippen molar-refractivity contribution in [3.8, 4) is 0 Å². The molecule has 76 valence electrons. The lowest BCUT2D eigenvalue weighted by molar-refractivity contribution is 0.324. The minimum absolute atomic E-state index is 0.814. The molecule has 13 heavy (non-hydrogen) atoms. The molecule has 0 radical (unpaired) electrons. The number of hydrogen-bond acceptors (Lipinski definition) is 5. The van der Waals surface area contributed by atoms with Crippen LogP contribution in [0, 0.1) is 0 Å². The molecule has 5 nitrogen and oxygen atoms in total. The zero-order valence-corrected chi connectivity index (χ0v) is 14.3. The predicted molar refractivity (Wildman–Crippen MR) is 61.4 cm³/mol. The summed E-state index contributed by atoms with van der Waals surface area (Å²) >= 11 is 0. The highest BCUT2D eigenvalue weighted by molar-refractivity contribution is 6.78. The quantitative estimate of drug-likeness (QED) is 0.472. The molecule has 0 aromatic carbocycles. The van der Waals surface area contributed by atoms with Gasteiger partial charge in [-0.1, -0.05) is 5.70 Å². The molecule has 1 saturated heterocycles. The summed E-state index contributed by atoms with van der Waals surface area (Å²) in [5.74, 6) is 0. The van der Waals surface area contributed by atoms with Crippen molar-refractivity contribution in [1.29, 1.82) is 0 Å². The largest absolute Gasteiger partial charge is 0.425 e. The normalized spacial score (nSPS) is 39.8. The van der Waals surface area contributed by atoms with Crippen LogP contribution in [0.15, 0.2) is 12.3 Å².